The Labute approximate surface area is 168 Å². The van der Waals surface area contributed by atoms with E-state index in [1.54, 1.807) is 19.1 Å². The molecule has 8 heteroatoms. The summed E-state index contributed by atoms with van der Waals surface area (Å²) in [4.78, 5) is 10.9. The second kappa shape index (κ2) is 8.05. The Morgan fingerprint density at radius 1 is 1.28 bits per heavy atom. The molecule has 1 aromatic carbocycles. The highest BCUT2D eigenvalue weighted by molar-refractivity contribution is 5.72. The molecule has 4 rings (SSSR count). The zero-order chi connectivity index (χ0) is 20.4. The Bertz CT molecular complexity index is 962. The fraction of sp³-hybridized carbons (Fsp3) is 0.381. The Morgan fingerprint density at radius 2 is 2.03 bits per heavy atom. The summed E-state index contributed by atoms with van der Waals surface area (Å²) in [6.07, 6.45) is 4.13. The zero-order valence-electron chi connectivity index (χ0n) is 16.2. The minimum absolute atomic E-state index is 0.250. The topological polar surface area (TPSA) is 97.1 Å². The van der Waals surface area contributed by atoms with Crippen molar-refractivity contribution in [3.8, 4) is 6.07 Å². The molecular weight excluding hydrogens is 371 g/mol. The number of benzene rings is 1. The molecule has 1 aliphatic carbocycles. The second-order valence-electron chi connectivity index (χ2n) is 7.38. The van der Waals surface area contributed by atoms with Gasteiger partial charge in [0.2, 0.25) is 5.95 Å². The van der Waals surface area contributed by atoms with Crippen LogP contribution in [0.1, 0.15) is 37.3 Å². The molecule has 2 heterocycles. The number of nitrogens with zero attached hydrogens (tertiary/aromatic N) is 4. The fourth-order valence-electron chi connectivity index (χ4n) is 3.35. The Hall–Kier alpha value is -3.18. The summed E-state index contributed by atoms with van der Waals surface area (Å²) in [5, 5.41) is 25.6. The van der Waals surface area contributed by atoms with Crippen LogP contribution in [0.15, 0.2) is 30.3 Å². The van der Waals surface area contributed by atoms with Crippen LogP contribution in [-0.4, -0.2) is 40.4 Å². The molecular formula is C21H23FN6O. The first-order valence-electron chi connectivity index (χ1n) is 9.76. The molecule has 1 aromatic heterocycles. The summed E-state index contributed by atoms with van der Waals surface area (Å²) >= 11 is 0. The molecule has 150 valence electrons. The van der Waals surface area contributed by atoms with E-state index in [1.807, 2.05) is 4.90 Å². The van der Waals surface area contributed by atoms with Crippen LogP contribution in [0, 0.1) is 17.1 Å². The van der Waals surface area contributed by atoms with E-state index in [1.165, 1.54) is 12.1 Å². The Morgan fingerprint density at radius 3 is 2.62 bits per heavy atom. The summed E-state index contributed by atoms with van der Waals surface area (Å²) in [5.74, 6) is 1.07. The molecule has 2 aliphatic rings. The highest BCUT2D eigenvalue weighted by Crippen LogP contribution is 2.32. The molecule has 0 saturated heterocycles. The van der Waals surface area contributed by atoms with Crippen LogP contribution in [0.3, 0.4) is 0 Å². The third-order valence-corrected chi connectivity index (χ3v) is 4.98. The van der Waals surface area contributed by atoms with Gasteiger partial charge in [-0.05, 0) is 49.5 Å². The maximum atomic E-state index is 13.2. The quantitative estimate of drug-likeness (QED) is 0.648. The Kier molecular flexibility index (Phi) is 5.32. The molecule has 7 nitrogen and oxygen atoms in total. The maximum Gasteiger partial charge on any atom is 0.228 e. The number of hydrogen-bond acceptors (Lipinski definition) is 7. The number of aliphatic hydroxyl groups is 1. The van der Waals surface area contributed by atoms with Crippen molar-refractivity contribution in [2.24, 2.45) is 0 Å². The van der Waals surface area contributed by atoms with Crippen LogP contribution in [0.25, 0.3) is 5.57 Å². The van der Waals surface area contributed by atoms with Crippen LogP contribution in [0.5, 0.6) is 0 Å². The van der Waals surface area contributed by atoms with Gasteiger partial charge in [-0.15, -0.1) is 0 Å². The summed E-state index contributed by atoms with van der Waals surface area (Å²) in [7, 11) is 0. The highest BCUT2D eigenvalue weighted by atomic mass is 19.1. The molecule has 29 heavy (non-hydrogen) atoms. The van der Waals surface area contributed by atoms with E-state index in [0.717, 1.165) is 30.4 Å². The van der Waals surface area contributed by atoms with Gasteiger partial charge in [0.05, 0.1) is 0 Å². The lowest BCUT2D eigenvalue weighted by Gasteiger charge is -2.29. The Balaban J connectivity index is 1.63. The third kappa shape index (κ3) is 4.46. The van der Waals surface area contributed by atoms with Crippen molar-refractivity contribution in [1.29, 1.82) is 5.26 Å². The first kappa shape index (κ1) is 19.2. The standard InChI is InChI=1S/C21H23FN6O/c1-13(29)24-21-26-19(25-17-6-7-17)18(12-23)20(27-21)28-10-8-15(9-11-28)14-2-4-16(22)5-3-14/h2-5,8,13,17,29H,6-7,9-11H2,1H3,(H2,24,25,26,27). The van der Waals surface area contributed by atoms with Crippen LogP contribution in [-0.2, 0) is 0 Å². The normalized spacial score (nSPS) is 17.3. The number of anilines is 3. The SMILES string of the molecule is CC(O)Nc1nc(NC2CC2)c(C#N)c(N2CC=C(c3ccc(F)cc3)CC2)n1. The van der Waals surface area contributed by atoms with E-state index >= 15 is 0 Å². The van der Waals surface area contributed by atoms with Gasteiger partial charge in [0.1, 0.15) is 23.7 Å². The predicted octanol–water partition coefficient (Wildman–Crippen LogP) is 3.11. The monoisotopic (exact) mass is 394 g/mol. The van der Waals surface area contributed by atoms with Crippen molar-refractivity contribution in [1.82, 2.24) is 9.97 Å². The van der Waals surface area contributed by atoms with E-state index in [0.29, 0.717) is 36.3 Å². The van der Waals surface area contributed by atoms with Crippen LogP contribution in [0.4, 0.5) is 22.0 Å². The highest BCUT2D eigenvalue weighted by Gasteiger charge is 2.27. The summed E-state index contributed by atoms with van der Waals surface area (Å²) in [6.45, 7) is 2.84. The van der Waals surface area contributed by atoms with Crippen molar-refractivity contribution in [3.63, 3.8) is 0 Å². The number of halogens is 1. The van der Waals surface area contributed by atoms with Crippen molar-refractivity contribution >= 4 is 23.2 Å². The largest absolute Gasteiger partial charge is 0.374 e. The first-order chi connectivity index (χ1) is 14.0. The molecule has 1 aliphatic heterocycles. The summed E-state index contributed by atoms with van der Waals surface area (Å²) in [5.41, 5.74) is 2.56. The smallest absolute Gasteiger partial charge is 0.228 e. The number of nitriles is 1. The number of aliphatic hydroxyl groups excluding tert-OH is 1. The lowest BCUT2D eigenvalue weighted by molar-refractivity contribution is 0.223. The maximum absolute atomic E-state index is 13.2. The van der Waals surface area contributed by atoms with Gasteiger partial charge in [-0.25, -0.2) is 4.39 Å². The van der Waals surface area contributed by atoms with E-state index in [-0.39, 0.29) is 11.8 Å². The minimum atomic E-state index is -0.809. The minimum Gasteiger partial charge on any atom is -0.374 e. The summed E-state index contributed by atoms with van der Waals surface area (Å²) in [6, 6.07) is 9.06. The predicted molar refractivity (Wildman–Crippen MR) is 110 cm³/mol. The number of aromatic nitrogens is 2. The van der Waals surface area contributed by atoms with Gasteiger partial charge in [0.25, 0.3) is 0 Å². The second-order valence-corrected chi connectivity index (χ2v) is 7.38. The van der Waals surface area contributed by atoms with Crippen LogP contribution in [0.2, 0.25) is 0 Å². The lowest BCUT2D eigenvalue weighted by Crippen LogP contribution is -2.31. The van der Waals surface area contributed by atoms with Gasteiger partial charge in [-0.3, -0.25) is 0 Å². The average molecular weight is 394 g/mol. The third-order valence-electron chi connectivity index (χ3n) is 4.98. The molecule has 1 fully saturated rings. The number of hydrogen-bond donors (Lipinski definition) is 3. The van der Waals surface area contributed by atoms with Gasteiger partial charge >= 0.3 is 0 Å². The van der Waals surface area contributed by atoms with E-state index in [9.17, 15) is 14.8 Å². The first-order valence-corrected chi connectivity index (χ1v) is 9.76. The average Bonchev–Trinajstić information content (AvgIpc) is 3.52. The van der Waals surface area contributed by atoms with Gasteiger partial charge in [0.15, 0.2) is 11.6 Å². The molecule has 1 unspecified atom stereocenters. The van der Waals surface area contributed by atoms with Gasteiger partial charge < -0.3 is 20.6 Å². The van der Waals surface area contributed by atoms with Crippen LogP contribution < -0.4 is 15.5 Å². The molecule has 0 bridgehead atoms. The van der Waals surface area contributed by atoms with Crippen molar-refractivity contribution < 1.29 is 9.50 Å². The van der Waals surface area contributed by atoms with Crippen molar-refractivity contribution in [3.05, 3.63) is 47.3 Å². The van der Waals surface area contributed by atoms with Crippen LogP contribution >= 0.6 is 0 Å². The molecule has 0 radical (unpaired) electrons. The molecule has 1 saturated carbocycles. The zero-order valence-corrected chi connectivity index (χ0v) is 16.2. The van der Waals surface area contributed by atoms with Crippen molar-refractivity contribution in [2.75, 3.05) is 28.6 Å². The molecule has 0 spiro atoms. The fourth-order valence-corrected chi connectivity index (χ4v) is 3.35. The van der Waals surface area contributed by atoms with Crippen molar-refractivity contribution in [2.45, 2.75) is 38.5 Å². The molecule has 0 amide bonds. The molecule has 1 atom stereocenters. The van der Waals surface area contributed by atoms with Gasteiger partial charge in [0, 0.05) is 19.1 Å². The number of rotatable bonds is 6. The summed E-state index contributed by atoms with van der Waals surface area (Å²) < 4.78 is 13.2. The number of nitrogens with one attached hydrogen (secondary N) is 2. The molecule has 3 N–H and O–H groups in total. The lowest BCUT2D eigenvalue weighted by atomic mass is 9.99. The molecule has 2 aromatic rings. The van der Waals surface area contributed by atoms with E-state index < -0.39 is 6.23 Å². The van der Waals surface area contributed by atoms with E-state index in [4.69, 9.17) is 0 Å². The van der Waals surface area contributed by atoms with Gasteiger partial charge in [-0.2, -0.15) is 15.2 Å². The van der Waals surface area contributed by atoms with E-state index in [2.05, 4.69) is 32.7 Å². The van der Waals surface area contributed by atoms with Gasteiger partial charge in [-0.1, -0.05) is 18.2 Å².